The lowest BCUT2D eigenvalue weighted by molar-refractivity contribution is 0.524. The quantitative estimate of drug-likeness (QED) is 0.780. The highest BCUT2D eigenvalue weighted by atomic mass is 15.2. The highest BCUT2D eigenvalue weighted by Crippen LogP contribution is 2.27. The van der Waals surface area contributed by atoms with Crippen LogP contribution in [0, 0.1) is 13.1 Å². The van der Waals surface area contributed by atoms with Gasteiger partial charge in [-0.25, -0.2) is 9.97 Å². The fourth-order valence-electron chi connectivity index (χ4n) is 2.47. The number of aromatic nitrogens is 2. The molecule has 1 radical (unpaired) electrons. The van der Waals surface area contributed by atoms with Crippen molar-refractivity contribution in [2.45, 2.75) is 52.5 Å². The van der Waals surface area contributed by atoms with Gasteiger partial charge in [-0.3, -0.25) is 0 Å². The topological polar surface area (TPSA) is 29.0 Å². The number of fused-ring (bicyclic) bond motifs is 1. The molecule has 87 valence electrons. The zero-order chi connectivity index (χ0) is 11.5. The van der Waals surface area contributed by atoms with E-state index in [2.05, 4.69) is 34.9 Å². The zero-order valence-electron chi connectivity index (χ0n) is 10.5. The molecule has 16 heavy (non-hydrogen) atoms. The first-order valence-corrected chi connectivity index (χ1v) is 6.28. The second kappa shape index (κ2) is 4.81. The molecule has 0 saturated carbocycles. The zero-order valence-corrected chi connectivity index (χ0v) is 10.5. The van der Waals surface area contributed by atoms with E-state index in [-0.39, 0.29) is 0 Å². The molecule has 0 saturated heterocycles. The first-order valence-electron chi connectivity index (χ1n) is 6.28. The van der Waals surface area contributed by atoms with Gasteiger partial charge in [0.05, 0.1) is 6.20 Å². The van der Waals surface area contributed by atoms with Gasteiger partial charge in [-0.2, -0.15) is 0 Å². The molecule has 0 aliphatic carbocycles. The third-order valence-corrected chi connectivity index (χ3v) is 3.37. The maximum atomic E-state index is 4.60. The van der Waals surface area contributed by atoms with Gasteiger partial charge in [-0.1, -0.05) is 13.8 Å². The summed E-state index contributed by atoms with van der Waals surface area (Å²) < 4.78 is 0. The van der Waals surface area contributed by atoms with Crippen LogP contribution >= 0.6 is 0 Å². The van der Waals surface area contributed by atoms with Gasteiger partial charge < -0.3 is 4.90 Å². The van der Waals surface area contributed by atoms with E-state index in [0.29, 0.717) is 6.04 Å². The first kappa shape index (κ1) is 11.4. The van der Waals surface area contributed by atoms with Crippen LogP contribution < -0.4 is 4.90 Å². The van der Waals surface area contributed by atoms with Crippen molar-refractivity contribution in [2.24, 2.45) is 0 Å². The van der Waals surface area contributed by atoms with Crippen molar-refractivity contribution in [2.75, 3.05) is 11.4 Å². The van der Waals surface area contributed by atoms with Gasteiger partial charge in [0.1, 0.15) is 11.6 Å². The summed E-state index contributed by atoms with van der Waals surface area (Å²) in [6.45, 7) is 7.57. The van der Waals surface area contributed by atoms with Crippen molar-refractivity contribution in [1.29, 1.82) is 0 Å². The van der Waals surface area contributed by atoms with Crippen LogP contribution in [0.25, 0.3) is 0 Å². The molecule has 0 N–H and O–H groups in total. The van der Waals surface area contributed by atoms with Crippen LogP contribution in [-0.4, -0.2) is 22.6 Å². The monoisotopic (exact) mass is 218 g/mol. The SMILES string of the molecule is CCC(CC)N1CCCc2[c]nc(C)nc21. The number of nitrogens with zero attached hydrogens (tertiary/aromatic N) is 3. The summed E-state index contributed by atoms with van der Waals surface area (Å²) in [6, 6.07) is 0.613. The van der Waals surface area contributed by atoms with Crippen molar-refractivity contribution in [3.05, 3.63) is 17.6 Å². The van der Waals surface area contributed by atoms with E-state index >= 15 is 0 Å². The molecule has 3 nitrogen and oxygen atoms in total. The summed E-state index contributed by atoms with van der Waals surface area (Å²) >= 11 is 0. The number of hydrogen-bond acceptors (Lipinski definition) is 3. The maximum Gasteiger partial charge on any atom is 0.136 e. The van der Waals surface area contributed by atoms with Crippen molar-refractivity contribution in [3.8, 4) is 0 Å². The highest BCUT2D eigenvalue weighted by molar-refractivity contribution is 5.48. The first-order chi connectivity index (χ1) is 7.76. The molecule has 0 bridgehead atoms. The second-order valence-corrected chi connectivity index (χ2v) is 4.45. The molecule has 1 aliphatic rings. The van der Waals surface area contributed by atoms with Crippen LogP contribution in [0.4, 0.5) is 5.82 Å². The third-order valence-electron chi connectivity index (χ3n) is 3.37. The molecule has 0 aromatic carbocycles. The summed E-state index contributed by atoms with van der Waals surface area (Å²) in [6.07, 6.45) is 7.77. The summed E-state index contributed by atoms with van der Waals surface area (Å²) in [5.74, 6) is 1.96. The molecule has 1 aliphatic heterocycles. The fourth-order valence-corrected chi connectivity index (χ4v) is 2.47. The normalized spacial score (nSPS) is 15.4. The van der Waals surface area contributed by atoms with Gasteiger partial charge >= 0.3 is 0 Å². The Morgan fingerprint density at radius 2 is 2.12 bits per heavy atom. The summed E-state index contributed by atoms with van der Waals surface area (Å²) in [5, 5.41) is 0. The number of anilines is 1. The van der Waals surface area contributed by atoms with Crippen molar-refractivity contribution < 1.29 is 0 Å². The molecule has 2 heterocycles. The molecular weight excluding hydrogens is 198 g/mol. The number of rotatable bonds is 3. The molecular formula is C13H20N3. The van der Waals surface area contributed by atoms with Crippen LogP contribution in [0.15, 0.2) is 0 Å². The Balaban J connectivity index is 2.34. The van der Waals surface area contributed by atoms with Crippen LogP contribution in [0.3, 0.4) is 0 Å². The molecule has 0 atom stereocenters. The Morgan fingerprint density at radius 3 is 2.81 bits per heavy atom. The van der Waals surface area contributed by atoms with Gasteiger partial charge in [-0.05, 0) is 32.6 Å². The van der Waals surface area contributed by atoms with Gasteiger partial charge in [-0.15, -0.1) is 0 Å². The van der Waals surface area contributed by atoms with E-state index in [1.54, 1.807) is 0 Å². The standard InChI is InChI=1S/C13H20N3/c1-4-12(5-2)16-8-6-7-11-9-14-10(3)15-13(11)16/h12H,4-8H2,1-3H3. The average molecular weight is 218 g/mol. The maximum absolute atomic E-state index is 4.60. The summed E-state index contributed by atoms with van der Waals surface area (Å²) in [4.78, 5) is 11.2. The van der Waals surface area contributed by atoms with E-state index in [1.165, 1.54) is 24.8 Å². The molecule has 0 fully saturated rings. The highest BCUT2D eigenvalue weighted by Gasteiger charge is 2.23. The minimum absolute atomic E-state index is 0.613. The average Bonchev–Trinajstić information content (AvgIpc) is 2.31. The van der Waals surface area contributed by atoms with Gasteiger partial charge in [0.15, 0.2) is 0 Å². The fraction of sp³-hybridized carbons (Fsp3) is 0.692. The Kier molecular flexibility index (Phi) is 3.42. The van der Waals surface area contributed by atoms with Crippen LogP contribution in [0.1, 0.15) is 44.5 Å². The molecule has 0 spiro atoms. The van der Waals surface area contributed by atoms with Crippen LogP contribution in [0.2, 0.25) is 0 Å². The van der Waals surface area contributed by atoms with E-state index in [1.807, 2.05) is 6.92 Å². The van der Waals surface area contributed by atoms with Crippen molar-refractivity contribution >= 4 is 5.82 Å². The van der Waals surface area contributed by atoms with Crippen LogP contribution in [-0.2, 0) is 6.42 Å². The lowest BCUT2D eigenvalue weighted by atomic mass is 10.0. The largest absolute Gasteiger partial charge is 0.353 e. The van der Waals surface area contributed by atoms with Crippen molar-refractivity contribution in [1.82, 2.24) is 9.97 Å². The van der Waals surface area contributed by atoms with Gasteiger partial charge in [0.2, 0.25) is 0 Å². The number of hydrogen-bond donors (Lipinski definition) is 0. The molecule has 1 aromatic rings. The Bertz CT molecular complexity index is 358. The van der Waals surface area contributed by atoms with Crippen molar-refractivity contribution in [3.63, 3.8) is 0 Å². The smallest absolute Gasteiger partial charge is 0.136 e. The Hall–Kier alpha value is -1.12. The van der Waals surface area contributed by atoms with E-state index in [4.69, 9.17) is 0 Å². The predicted molar refractivity (Wildman–Crippen MR) is 65.6 cm³/mol. The minimum Gasteiger partial charge on any atom is -0.353 e. The molecule has 0 unspecified atom stereocenters. The molecule has 0 amide bonds. The van der Waals surface area contributed by atoms with Crippen LogP contribution in [0.5, 0.6) is 0 Å². The second-order valence-electron chi connectivity index (χ2n) is 4.45. The molecule has 1 aromatic heterocycles. The third kappa shape index (κ3) is 2.04. The lowest BCUT2D eigenvalue weighted by Gasteiger charge is -2.35. The summed E-state index contributed by atoms with van der Waals surface area (Å²) in [5.41, 5.74) is 1.20. The molecule has 2 rings (SSSR count). The predicted octanol–water partition coefficient (Wildman–Crippen LogP) is 2.53. The lowest BCUT2D eigenvalue weighted by Crippen LogP contribution is -2.39. The Morgan fingerprint density at radius 1 is 1.38 bits per heavy atom. The van der Waals surface area contributed by atoms with Gasteiger partial charge in [0.25, 0.3) is 0 Å². The molecule has 3 heteroatoms. The van der Waals surface area contributed by atoms with E-state index in [0.717, 1.165) is 24.6 Å². The Labute approximate surface area is 97.9 Å². The summed E-state index contributed by atoms with van der Waals surface area (Å²) in [7, 11) is 0. The van der Waals surface area contributed by atoms with Gasteiger partial charge in [0, 0.05) is 18.2 Å². The van der Waals surface area contributed by atoms with E-state index in [9.17, 15) is 0 Å². The number of aryl methyl sites for hydroxylation is 2. The minimum atomic E-state index is 0.613. The van der Waals surface area contributed by atoms with E-state index < -0.39 is 0 Å².